The van der Waals surface area contributed by atoms with Crippen molar-refractivity contribution in [2.45, 2.75) is 47.5 Å². The molecule has 1 aliphatic carbocycles. The fraction of sp³-hybridized carbons (Fsp3) is 0.184. The predicted molar refractivity (Wildman–Crippen MR) is 200 cm³/mol. The first-order valence-electron chi connectivity index (χ1n) is 16.3. The van der Waals surface area contributed by atoms with Crippen molar-refractivity contribution in [3.05, 3.63) is 155 Å². The number of rotatable bonds is 13. The second-order valence-electron chi connectivity index (χ2n) is 12.1. The predicted octanol–water partition coefficient (Wildman–Crippen LogP) is 6.31. The maximum atomic E-state index is 12.5. The highest BCUT2D eigenvalue weighted by Crippen LogP contribution is 2.34. The van der Waals surface area contributed by atoms with E-state index in [2.05, 4.69) is 0 Å². The van der Waals surface area contributed by atoms with Crippen molar-refractivity contribution in [1.82, 2.24) is 0 Å². The van der Waals surface area contributed by atoms with E-state index in [1.807, 2.05) is 78.0 Å². The van der Waals surface area contributed by atoms with Gasteiger partial charge in [-0.1, -0.05) is 60.7 Å². The van der Waals surface area contributed by atoms with Crippen LogP contribution in [-0.4, -0.2) is 62.3 Å². The van der Waals surface area contributed by atoms with E-state index < -0.39 is 36.3 Å². The molecule has 0 heterocycles. The van der Waals surface area contributed by atoms with Crippen LogP contribution in [0.25, 0.3) is 0 Å². The third-order valence-corrected chi connectivity index (χ3v) is 11.3. The van der Waals surface area contributed by atoms with Gasteiger partial charge in [0.15, 0.2) is 12.3 Å². The van der Waals surface area contributed by atoms with E-state index in [1.54, 1.807) is 42.5 Å². The van der Waals surface area contributed by atoms with Crippen molar-refractivity contribution < 1.29 is 43.5 Å². The smallest absolute Gasteiger partial charge is 0.294 e. The Morgan fingerprint density at radius 3 is 1.81 bits per heavy atom. The van der Waals surface area contributed by atoms with Gasteiger partial charge in [-0.15, -0.1) is 0 Å². The van der Waals surface area contributed by atoms with Gasteiger partial charge in [0.25, 0.3) is 30.4 Å². The molecule has 0 saturated carbocycles. The number of benzene rings is 4. The van der Waals surface area contributed by atoms with E-state index in [1.165, 1.54) is 30.3 Å². The quantitative estimate of drug-likeness (QED) is 0.104. The highest BCUT2D eigenvalue weighted by Gasteiger charge is 2.23. The third kappa shape index (κ3) is 9.59. The van der Waals surface area contributed by atoms with Gasteiger partial charge in [0.1, 0.15) is 6.54 Å². The Morgan fingerprint density at radius 2 is 1.25 bits per heavy atom. The molecule has 5 rings (SSSR count). The summed E-state index contributed by atoms with van der Waals surface area (Å²) >= 11 is 0. The van der Waals surface area contributed by atoms with Gasteiger partial charge in [-0.2, -0.15) is 25.3 Å². The summed E-state index contributed by atoms with van der Waals surface area (Å²) in [6, 6.07) is 26.0. The molecule has 272 valence electrons. The molecule has 0 bridgehead atoms. The van der Waals surface area contributed by atoms with Crippen molar-refractivity contribution in [1.29, 1.82) is 0 Å². The molecular weight excluding hydrogens is 725 g/mol. The Bertz CT molecular complexity index is 2400. The third-order valence-electron chi connectivity index (χ3n) is 8.67. The second kappa shape index (κ2) is 15.9. The molecular formula is C38H39N2O9S3+. The Morgan fingerprint density at radius 1 is 0.673 bits per heavy atom. The van der Waals surface area contributed by atoms with E-state index >= 15 is 0 Å². The Labute approximate surface area is 304 Å². The Hall–Kier alpha value is -4.70. The van der Waals surface area contributed by atoms with Crippen molar-refractivity contribution in [3.63, 3.8) is 0 Å². The van der Waals surface area contributed by atoms with E-state index in [4.69, 9.17) is 0 Å². The molecule has 0 aliphatic heterocycles. The van der Waals surface area contributed by atoms with Crippen LogP contribution in [0.15, 0.2) is 148 Å². The maximum absolute atomic E-state index is 12.5. The Kier molecular flexibility index (Phi) is 11.8. The first-order chi connectivity index (χ1) is 24.6. The number of hydrogen-bond acceptors (Lipinski definition) is 7. The van der Waals surface area contributed by atoms with Gasteiger partial charge in [0, 0.05) is 42.4 Å². The second-order valence-corrected chi connectivity index (χ2v) is 16.3. The van der Waals surface area contributed by atoms with Crippen LogP contribution in [0.5, 0.6) is 0 Å². The molecule has 0 saturated heterocycles. The zero-order valence-corrected chi connectivity index (χ0v) is 30.9. The minimum absolute atomic E-state index is 0.178. The summed E-state index contributed by atoms with van der Waals surface area (Å²) in [7, 11) is -13.3. The lowest BCUT2D eigenvalue weighted by molar-refractivity contribution is -0.539. The van der Waals surface area contributed by atoms with Crippen molar-refractivity contribution in [3.8, 4) is 0 Å². The van der Waals surface area contributed by atoms with Gasteiger partial charge in [0.2, 0.25) is 0 Å². The fourth-order valence-electron chi connectivity index (χ4n) is 6.04. The van der Waals surface area contributed by atoms with Crippen LogP contribution in [0.2, 0.25) is 0 Å². The van der Waals surface area contributed by atoms with Crippen LogP contribution in [-0.2, 0) is 43.4 Å². The van der Waals surface area contributed by atoms with Gasteiger partial charge >= 0.3 is 0 Å². The molecule has 52 heavy (non-hydrogen) atoms. The largest absolute Gasteiger partial charge is 0.367 e. The molecule has 3 N–H and O–H groups in total. The molecule has 14 heteroatoms. The minimum Gasteiger partial charge on any atom is -0.367 e. The van der Waals surface area contributed by atoms with Crippen LogP contribution in [0.1, 0.15) is 42.0 Å². The number of nitrogens with zero attached hydrogens (tertiary/aromatic N) is 2. The summed E-state index contributed by atoms with van der Waals surface area (Å²) < 4.78 is 103. The summed E-state index contributed by atoms with van der Waals surface area (Å²) in [6.07, 6.45) is 9.51. The van der Waals surface area contributed by atoms with Gasteiger partial charge in [-0.05, 0) is 90.7 Å². The molecule has 4 aromatic carbocycles. The Balaban J connectivity index is 1.48. The zero-order valence-electron chi connectivity index (χ0n) is 28.4. The highest BCUT2D eigenvalue weighted by molar-refractivity contribution is 7.86. The summed E-state index contributed by atoms with van der Waals surface area (Å²) in [6.45, 7) is 5.88. The molecule has 0 radical (unpaired) electrons. The number of hydrogen-bond donors (Lipinski definition) is 3. The number of allylic oxidation sites excluding steroid dienone is 6. The van der Waals surface area contributed by atoms with Crippen LogP contribution in [0.4, 0.5) is 5.69 Å². The van der Waals surface area contributed by atoms with Crippen molar-refractivity contribution in [2.24, 2.45) is 0 Å². The topological polar surface area (TPSA) is 169 Å². The van der Waals surface area contributed by atoms with E-state index in [0.29, 0.717) is 42.9 Å². The minimum atomic E-state index is -4.57. The molecule has 0 spiro atoms. The fourth-order valence-corrected chi connectivity index (χ4v) is 7.88. The average molecular weight is 764 g/mol. The van der Waals surface area contributed by atoms with Crippen molar-refractivity contribution >= 4 is 41.8 Å². The van der Waals surface area contributed by atoms with Crippen LogP contribution >= 0.6 is 0 Å². The van der Waals surface area contributed by atoms with Gasteiger partial charge in [-0.3, -0.25) is 13.7 Å². The zero-order chi connectivity index (χ0) is 37.7. The molecule has 1 atom stereocenters. The average Bonchev–Trinajstić information content (AvgIpc) is 3.11. The molecule has 0 fully saturated rings. The first-order valence-corrected chi connectivity index (χ1v) is 20.6. The molecule has 0 amide bonds. The normalized spacial score (nSPS) is 13.9. The molecule has 4 aromatic rings. The van der Waals surface area contributed by atoms with E-state index in [9.17, 15) is 38.9 Å². The van der Waals surface area contributed by atoms with Crippen LogP contribution < -0.4 is 4.90 Å². The van der Waals surface area contributed by atoms with E-state index in [-0.39, 0.29) is 14.7 Å². The lowest BCUT2D eigenvalue weighted by atomic mass is 9.88. The van der Waals surface area contributed by atoms with Crippen LogP contribution in [0, 0.1) is 0 Å². The summed E-state index contributed by atoms with van der Waals surface area (Å²) in [5.74, 6) is -0.593. The molecule has 1 unspecified atom stereocenters. The maximum Gasteiger partial charge on any atom is 0.294 e. The first kappa shape index (κ1) is 38.5. The van der Waals surface area contributed by atoms with Crippen LogP contribution in [0.3, 0.4) is 0 Å². The highest BCUT2D eigenvalue weighted by atomic mass is 32.2. The van der Waals surface area contributed by atoms with E-state index in [0.717, 1.165) is 22.5 Å². The standard InChI is InChI=1S/C38H38N2O9S3/c1-3-39(26-29-9-7-11-34(23-29)50(41,42)43)32-19-15-28(16-20-32)25-37(36-13-5-6-14-38(36)52(47,48)49)31-17-21-33(22-18-31)40(4-2)27-30-10-8-12-35(24-30)51(44,45)46/h5-25,37H,3-4,26-27H2,1-2H3,(H2-,41,42,43,44,45,46,47,48,49)/p+1. The van der Waals surface area contributed by atoms with Gasteiger partial charge < -0.3 is 4.90 Å². The molecule has 1 aliphatic rings. The molecule has 0 aromatic heterocycles. The summed E-state index contributed by atoms with van der Waals surface area (Å²) in [5, 5.41) is 0. The monoisotopic (exact) mass is 763 g/mol. The molecule has 11 nitrogen and oxygen atoms in total. The lowest BCUT2D eigenvalue weighted by Crippen LogP contribution is -2.22. The summed E-state index contributed by atoms with van der Waals surface area (Å²) in [4.78, 5) is 1.45. The number of anilines is 1. The lowest BCUT2D eigenvalue weighted by Gasteiger charge is -2.25. The van der Waals surface area contributed by atoms with Gasteiger partial charge in [0.05, 0.1) is 14.7 Å². The van der Waals surface area contributed by atoms with Gasteiger partial charge in [-0.25, -0.2) is 4.58 Å². The summed E-state index contributed by atoms with van der Waals surface area (Å²) in [5.41, 5.74) is 4.99. The SMILES string of the molecule is CCN(Cc1cccc(S(=O)(=O)O)c1)c1ccc(C(C=C2C=CC(=[N+](CC)Cc3cccc(S(=O)(=O)O)c3)C=C2)c2ccccc2S(=O)(=O)O)cc1. The van der Waals surface area contributed by atoms with Crippen molar-refractivity contribution in [2.75, 3.05) is 18.0 Å².